The number of hydrogen-bond donors (Lipinski definition) is 2. The number of carbonyl (C=O) groups is 1. The van der Waals surface area contributed by atoms with Crippen LogP contribution in [0.25, 0.3) is 0 Å². The maximum atomic E-state index is 12.7. The Bertz CT molecular complexity index is 469. The van der Waals surface area contributed by atoms with Crippen LogP contribution < -0.4 is 11.1 Å². The lowest BCUT2D eigenvalue weighted by Crippen LogP contribution is -2.46. The number of thiophene rings is 1. The summed E-state index contributed by atoms with van der Waals surface area (Å²) in [5.41, 5.74) is 6.28. The summed E-state index contributed by atoms with van der Waals surface area (Å²) in [5, 5.41) is 5.34. The summed E-state index contributed by atoms with van der Waals surface area (Å²) >= 11 is 1.71. The summed E-state index contributed by atoms with van der Waals surface area (Å²) in [4.78, 5) is 13.9. The fourth-order valence-electron chi connectivity index (χ4n) is 4.01. The van der Waals surface area contributed by atoms with Crippen molar-refractivity contribution in [1.29, 1.82) is 0 Å². The third-order valence-electron chi connectivity index (χ3n) is 5.10. The minimum Gasteiger partial charge on any atom is -0.348 e. The van der Waals surface area contributed by atoms with Crippen molar-refractivity contribution >= 4 is 17.2 Å². The number of rotatable bonds is 4. The Morgan fingerprint density at radius 2 is 2.15 bits per heavy atom. The van der Waals surface area contributed by atoms with Gasteiger partial charge in [0.15, 0.2) is 0 Å². The zero-order valence-electron chi connectivity index (χ0n) is 12.2. The molecule has 0 spiro atoms. The maximum absolute atomic E-state index is 12.7. The Morgan fingerprint density at radius 1 is 1.40 bits per heavy atom. The molecule has 0 aliphatic heterocycles. The molecule has 2 aliphatic carbocycles. The topological polar surface area (TPSA) is 55.1 Å². The fraction of sp³-hybridized carbons (Fsp3) is 0.688. The first kappa shape index (κ1) is 14.1. The Hall–Kier alpha value is -0.870. The molecule has 2 aliphatic rings. The predicted octanol–water partition coefficient (Wildman–Crippen LogP) is 2.93. The van der Waals surface area contributed by atoms with Crippen molar-refractivity contribution in [2.45, 2.75) is 45.2 Å². The van der Waals surface area contributed by atoms with Gasteiger partial charge in [-0.05, 0) is 48.5 Å². The second kappa shape index (κ2) is 5.49. The quantitative estimate of drug-likeness (QED) is 0.896. The van der Waals surface area contributed by atoms with Crippen molar-refractivity contribution in [1.82, 2.24) is 5.32 Å². The first-order valence-electron chi connectivity index (χ1n) is 7.67. The lowest BCUT2D eigenvalue weighted by atomic mass is 9.84. The molecule has 2 saturated carbocycles. The normalized spacial score (nSPS) is 33.6. The van der Waals surface area contributed by atoms with E-state index < -0.39 is 0 Å². The van der Waals surface area contributed by atoms with E-state index in [2.05, 4.69) is 30.6 Å². The lowest BCUT2D eigenvalue weighted by molar-refractivity contribution is -0.128. The second-order valence-corrected chi connectivity index (χ2v) is 7.66. The van der Waals surface area contributed by atoms with E-state index in [4.69, 9.17) is 5.73 Å². The van der Waals surface area contributed by atoms with Gasteiger partial charge in [-0.2, -0.15) is 0 Å². The number of amides is 1. The average Bonchev–Trinajstić information content (AvgIpc) is 3.11. The Balaban J connectivity index is 1.71. The summed E-state index contributed by atoms with van der Waals surface area (Å²) in [7, 11) is 0. The van der Waals surface area contributed by atoms with E-state index in [0.717, 1.165) is 6.42 Å². The molecule has 0 saturated heterocycles. The molecule has 0 radical (unpaired) electrons. The number of fused-ring (bicyclic) bond motifs is 2. The third kappa shape index (κ3) is 2.40. The SMILES string of the molecule is CC(C)C(NC(=O)C1C2CCC(C2)C1N)c1cccs1. The van der Waals surface area contributed by atoms with Crippen LogP contribution in [0.15, 0.2) is 17.5 Å². The highest BCUT2D eigenvalue weighted by Crippen LogP contribution is 2.47. The van der Waals surface area contributed by atoms with Crippen LogP contribution in [-0.4, -0.2) is 11.9 Å². The molecule has 3 rings (SSSR count). The van der Waals surface area contributed by atoms with Gasteiger partial charge in [0.05, 0.1) is 12.0 Å². The van der Waals surface area contributed by atoms with Gasteiger partial charge < -0.3 is 11.1 Å². The molecule has 110 valence electrons. The van der Waals surface area contributed by atoms with Crippen molar-refractivity contribution in [2.75, 3.05) is 0 Å². The average molecular weight is 292 g/mol. The Labute approximate surface area is 124 Å². The van der Waals surface area contributed by atoms with Gasteiger partial charge in [0.2, 0.25) is 5.91 Å². The third-order valence-corrected chi connectivity index (χ3v) is 6.05. The van der Waals surface area contributed by atoms with Crippen molar-refractivity contribution in [3.63, 3.8) is 0 Å². The molecule has 5 atom stereocenters. The smallest absolute Gasteiger partial charge is 0.225 e. The Kier molecular flexibility index (Phi) is 3.87. The van der Waals surface area contributed by atoms with Crippen LogP contribution in [0.3, 0.4) is 0 Å². The molecule has 4 heteroatoms. The summed E-state index contributed by atoms with van der Waals surface area (Å²) < 4.78 is 0. The molecule has 3 N–H and O–H groups in total. The standard InChI is InChI=1S/C16H24N2OS/c1-9(2)15(12-4-3-7-20-12)18-16(19)13-10-5-6-11(8-10)14(13)17/h3-4,7,9-11,13-15H,5-6,8,17H2,1-2H3,(H,18,19). The van der Waals surface area contributed by atoms with Gasteiger partial charge in [-0.1, -0.05) is 19.9 Å². The summed E-state index contributed by atoms with van der Waals surface area (Å²) in [6.07, 6.45) is 3.56. The second-order valence-electron chi connectivity index (χ2n) is 6.68. The molecule has 2 bridgehead atoms. The van der Waals surface area contributed by atoms with E-state index in [0.29, 0.717) is 17.8 Å². The molecular formula is C16H24N2OS. The maximum Gasteiger partial charge on any atom is 0.225 e. The number of nitrogens with two attached hydrogens (primary N) is 1. The van der Waals surface area contributed by atoms with E-state index >= 15 is 0 Å². The van der Waals surface area contributed by atoms with Gasteiger partial charge in [0.25, 0.3) is 0 Å². The summed E-state index contributed by atoms with van der Waals surface area (Å²) in [6, 6.07) is 4.35. The fourth-order valence-corrected chi connectivity index (χ4v) is 4.96. The van der Waals surface area contributed by atoms with Crippen molar-refractivity contribution in [2.24, 2.45) is 29.4 Å². The van der Waals surface area contributed by atoms with Crippen molar-refractivity contribution in [3.8, 4) is 0 Å². The molecule has 5 unspecified atom stereocenters. The van der Waals surface area contributed by atoms with Crippen LogP contribution in [0.5, 0.6) is 0 Å². The molecule has 3 nitrogen and oxygen atoms in total. The number of carbonyl (C=O) groups excluding carboxylic acids is 1. The summed E-state index contributed by atoms with van der Waals surface area (Å²) in [5.74, 6) is 1.71. The highest BCUT2D eigenvalue weighted by atomic mass is 32.1. The first-order valence-corrected chi connectivity index (χ1v) is 8.55. The van der Waals surface area contributed by atoms with Crippen LogP contribution in [0, 0.1) is 23.7 Å². The number of hydrogen-bond acceptors (Lipinski definition) is 3. The Morgan fingerprint density at radius 3 is 2.70 bits per heavy atom. The van der Waals surface area contributed by atoms with Crippen LogP contribution in [0.1, 0.15) is 44.0 Å². The molecule has 1 amide bonds. The van der Waals surface area contributed by atoms with Crippen LogP contribution in [0.2, 0.25) is 0 Å². The molecular weight excluding hydrogens is 268 g/mol. The number of nitrogens with one attached hydrogen (secondary N) is 1. The predicted molar refractivity (Wildman–Crippen MR) is 82.3 cm³/mol. The highest BCUT2D eigenvalue weighted by molar-refractivity contribution is 7.10. The van der Waals surface area contributed by atoms with Crippen LogP contribution in [0.4, 0.5) is 0 Å². The van der Waals surface area contributed by atoms with E-state index in [9.17, 15) is 4.79 Å². The largest absolute Gasteiger partial charge is 0.348 e. The molecule has 20 heavy (non-hydrogen) atoms. The zero-order chi connectivity index (χ0) is 14.3. The zero-order valence-corrected chi connectivity index (χ0v) is 13.0. The minimum atomic E-state index is 0.0370. The van der Waals surface area contributed by atoms with Gasteiger partial charge in [-0.3, -0.25) is 4.79 Å². The van der Waals surface area contributed by atoms with Crippen LogP contribution >= 0.6 is 11.3 Å². The molecule has 0 aromatic carbocycles. The van der Waals surface area contributed by atoms with Gasteiger partial charge in [-0.25, -0.2) is 0 Å². The molecule has 2 fully saturated rings. The van der Waals surface area contributed by atoms with Gasteiger partial charge >= 0.3 is 0 Å². The summed E-state index contributed by atoms with van der Waals surface area (Å²) in [6.45, 7) is 4.32. The van der Waals surface area contributed by atoms with Gasteiger partial charge in [-0.15, -0.1) is 11.3 Å². The molecule has 1 heterocycles. The van der Waals surface area contributed by atoms with Crippen molar-refractivity contribution < 1.29 is 4.79 Å². The van der Waals surface area contributed by atoms with E-state index in [-0.39, 0.29) is 23.9 Å². The first-order chi connectivity index (χ1) is 9.58. The van der Waals surface area contributed by atoms with E-state index in [1.165, 1.54) is 17.7 Å². The van der Waals surface area contributed by atoms with Crippen LogP contribution in [-0.2, 0) is 4.79 Å². The molecule has 1 aromatic heterocycles. The van der Waals surface area contributed by atoms with E-state index in [1.807, 2.05) is 6.07 Å². The van der Waals surface area contributed by atoms with Gasteiger partial charge in [0.1, 0.15) is 0 Å². The monoisotopic (exact) mass is 292 g/mol. The van der Waals surface area contributed by atoms with E-state index in [1.54, 1.807) is 11.3 Å². The molecule has 1 aromatic rings. The van der Waals surface area contributed by atoms with Crippen molar-refractivity contribution in [3.05, 3.63) is 22.4 Å². The minimum absolute atomic E-state index is 0.0370. The lowest BCUT2D eigenvalue weighted by Gasteiger charge is -2.30. The highest BCUT2D eigenvalue weighted by Gasteiger charge is 2.49. The van der Waals surface area contributed by atoms with Gasteiger partial charge in [0, 0.05) is 10.9 Å².